The number of benzene rings is 1. The third kappa shape index (κ3) is 3.00. The molecule has 3 nitrogen and oxygen atoms in total. The quantitative estimate of drug-likeness (QED) is 0.833. The standard InChI is InChI=1S/C14H22FN3/c1-17(2)11-6-8-18(9-7-11)10-12-13(15)4-3-5-14(12)16/h3-5,11H,6-10,16H2,1-2H3. The molecule has 1 aromatic carbocycles. The normalized spacial score (nSPS) is 18.4. The molecule has 100 valence electrons. The predicted molar refractivity (Wildman–Crippen MR) is 72.8 cm³/mol. The second-order valence-corrected chi connectivity index (χ2v) is 5.28. The van der Waals surface area contributed by atoms with Crippen molar-refractivity contribution in [1.82, 2.24) is 9.80 Å². The summed E-state index contributed by atoms with van der Waals surface area (Å²) in [5.74, 6) is -0.190. The van der Waals surface area contributed by atoms with Gasteiger partial charge in [0.15, 0.2) is 0 Å². The van der Waals surface area contributed by atoms with E-state index in [2.05, 4.69) is 23.9 Å². The average molecular weight is 251 g/mol. The maximum atomic E-state index is 13.7. The number of halogens is 1. The number of piperidine rings is 1. The van der Waals surface area contributed by atoms with Crippen molar-refractivity contribution in [3.63, 3.8) is 0 Å². The Balaban J connectivity index is 1.96. The van der Waals surface area contributed by atoms with E-state index in [1.165, 1.54) is 6.07 Å². The van der Waals surface area contributed by atoms with Gasteiger partial charge in [0, 0.05) is 23.8 Å². The number of nitrogens with zero attached hydrogens (tertiary/aromatic N) is 2. The first-order valence-corrected chi connectivity index (χ1v) is 6.49. The van der Waals surface area contributed by atoms with E-state index in [0.717, 1.165) is 25.9 Å². The summed E-state index contributed by atoms with van der Waals surface area (Å²) < 4.78 is 13.7. The molecule has 2 rings (SSSR count). The van der Waals surface area contributed by atoms with Crippen LogP contribution in [0.3, 0.4) is 0 Å². The number of likely N-dealkylation sites (tertiary alicyclic amines) is 1. The van der Waals surface area contributed by atoms with Gasteiger partial charge in [-0.3, -0.25) is 4.90 Å². The Morgan fingerprint density at radius 2 is 2.00 bits per heavy atom. The largest absolute Gasteiger partial charge is 0.398 e. The zero-order valence-corrected chi connectivity index (χ0v) is 11.2. The van der Waals surface area contributed by atoms with Gasteiger partial charge in [-0.15, -0.1) is 0 Å². The summed E-state index contributed by atoms with van der Waals surface area (Å²) in [5, 5.41) is 0. The Labute approximate surface area is 108 Å². The van der Waals surface area contributed by atoms with Gasteiger partial charge in [-0.1, -0.05) is 6.07 Å². The monoisotopic (exact) mass is 251 g/mol. The van der Waals surface area contributed by atoms with Crippen LogP contribution in [0.15, 0.2) is 18.2 Å². The van der Waals surface area contributed by atoms with Crippen molar-refractivity contribution >= 4 is 5.69 Å². The molecular formula is C14H22FN3. The van der Waals surface area contributed by atoms with Crippen LogP contribution < -0.4 is 5.73 Å². The van der Waals surface area contributed by atoms with Gasteiger partial charge in [0.1, 0.15) is 5.82 Å². The molecule has 1 aromatic rings. The highest BCUT2D eigenvalue weighted by Gasteiger charge is 2.21. The van der Waals surface area contributed by atoms with E-state index in [1.807, 2.05) is 0 Å². The molecule has 0 bridgehead atoms. The molecule has 2 N–H and O–H groups in total. The van der Waals surface area contributed by atoms with Crippen LogP contribution >= 0.6 is 0 Å². The van der Waals surface area contributed by atoms with Crippen LogP contribution in [-0.4, -0.2) is 43.0 Å². The lowest BCUT2D eigenvalue weighted by Gasteiger charge is -2.35. The van der Waals surface area contributed by atoms with Crippen LogP contribution in [-0.2, 0) is 6.54 Å². The maximum Gasteiger partial charge on any atom is 0.129 e. The smallest absolute Gasteiger partial charge is 0.129 e. The summed E-state index contributed by atoms with van der Waals surface area (Å²) in [6.07, 6.45) is 2.28. The van der Waals surface area contributed by atoms with Crippen LogP contribution in [0.25, 0.3) is 0 Å². The molecule has 18 heavy (non-hydrogen) atoms. The Hall–Kier alpha value is -1.13. The molecule has 0 atom stereocenters. The third-order valence-electron chi connectivity index (χ3n) is 3.82. The number of nitrogens with two attached hydrogens (primary N) is 1. The van der Waals surface area contributed by atoms with Crippen LogP contribution in [0.4, 0.5) is 10.1 Å². The van der Waals surface area contributed by atoms with Gasteiger partial charge in [-0.25, -0.2) is 4.39 Å². The Morgan fingerprint density at radius 3 is 2.56 bits per heavy atom. The van der Waals surface area contributed by atoms with E-state index in [9.17, 15) is 4.39 Å². The molecule has 0 aliphatic carbocycles. The fourth-order valence-corrected chi connectivity index (χ4v) is 2.56. The van der Waals surface area contributed by atoms with Gasteiger partial charge < -0.3 is 10.6 Å². The Bertz CT molecular complexity index is 378. The van der Waals surface area contributed by atoms with Crippen LogP contribution in [0.1, 0.15) is 18.4 Å². The molecule has 1 aliphatic heterocycles. The summed E-state index contributed by atoms with van der Waals surface area (Å²) >= 11 is 0. The van der Waals surface area contributed by atoms with E-state index < -0.39 is 0 Å². The lowest BCUT2D eigenvalue weighted by molar-refractivity contribution is 0.139. The highest BCUT2D eigenvalue weighted by atomic mass is 19.1. The molecule has 0 spiro atoms. The van der Waals surface area contributed by atoms with Crippen LogP contribution in [0, 0.1) is 5.82 Å². The van der Waals surface area contributed by atoms with E-state index in [4.69, 9.17) is 5.73 Å². The summed E-state index contributed by atoms with van der Waals surface area (Å²) in [6.45, 7) is 2.64. The Kier molecular flexibility index (Phi) is 4.19. The van der Waals surface area contributed by atoms with E-state index in [1.54, 1.807) is 12.1 Å². The van der Waals surface area contributed by atoms with Gasteiger partial charge in [0.25, 0.3) is 0 Å². The first kappa shape index (κ1) is 13.3. The summed E-state index contributed by atoms with van der Waals surface area (Å²) in [5.41, 5.74) is 7.04. The van der Waals surface area contributed by atoms with E-state index >= 15 is 0 Å². The number of anilines is 1. The highest BCUT2D eigenvalue weighted by molar-refractivity contribution is 5.47. The lowest BCUT2D eigenvalue weighted by Crippen LogP contribution is -2.41. The fourth-order valence-electron chi connectivity index (χ4n) is 2.56. The van der Waals surface area contributed by atoms with Gasteiger partial charge in [-0.05, 0) is 52.2 Å². The Morgan fingerprint density at radius 1 is 1.33 bits per heavy atom. The number of hydrogen-bond acceptors (Lipinski definition) is 3. The average Bonchev–Trinajstić information content (AvgIpc) is 2.34. The first-order valence-electron chi connectivity index (χ1n) is 6.49. The lowest BCUT2D eigenvalue weighted by atomic mass is 10.0. The van der Waals surface area contributed by atoms with Crippen molar-refractivity contribution in [1.29, 1.82) is 0 Å². The zero-order valence-electron chi connectivity index (χ0n) is 11.2. The van der Waals surface area contributed by atoms with Crippen LogP contribution in [0.5, 0.6) is 0 Å². The topological polar surface area (TPSA) is 32.5 Å². The summed E-state index contributed by atoms with van der Waals surface area (Å²) in [7, 11) is 4.24. The second-order valence-electron chi connectivity index (χ2n) is 5.28. The molecular weight excluding hydrogens is 229 g/mol. The van der Waals surface area contributed by atoms with Crippen molar-refractivity contribution in [3.05, 3.63) is 29.6 Å². The second kappa shape index (κ2) is 5.67. The first-order chi connectivity index (χ1) is 8.58. The molecule has 1 heterocycles. The molecule has 1 fully saturated rings. The molecule has 0 amide bonds. The fraction of sp³-hybridized carbons (Fsp3) is 0.571. The molecule has 1 aliphatic rings. The van der Waals surface area contributed by atoms with Crippen molar-refractivity contribution in [2.75, 3.05) is 32.9 Å². The minimum atomic E-state index is -0.190. The third-order valence-corrected chi connectivity index (χ3v) is 3.82. The van der Waals surface area contributed by atoms with E-state index in [-0.39, 0.29) is 5.82 Å². The predicted octanol–water partition coefficient (Wildman–Crippen LogP) is 1.93. The minimum Gasteiger partial charge on any atom is -0.398 e. The van der Waals surface area contributed by atoms with Crippen molar-refractivity contribution in [2.24, 2.45) is 0 Å². The highest BCUT2D eigenvalue weighted by Crippen LogP contribution is 2.21. The SMILES string of the molecule is CN(C)C1CCN(Cc2c(N)cccc2F)CC1. The van der Waals surface area contributed by atoms with E-state index in [0.29, 0.717) is 23.8 Å². The minimum absolute atomic E-state index is 0.190. The maximum absolute atomic E-state index is 13.7. The summed E-state index contributed by atoms with van der Waals surface area (Å²) in [6, 6.07) is 5.56. The molecule has 4 heteroatoms. The molecule has 1 saturated heterocycles. The van der Waals surface area contributed by atoms with Crippen molar-refractivity contribution < 1.29 is 4.39 Å². The van der Waals surface area contributed by atoms with Gasteiger partial charge in [-0.2, -0.15) is 0 Å². The molecule has 0 aromatic heterocycles. The number of nitrogen functional groups attached to an aromatic ring is 1. The van der Waals surface area contributed by atoms with Crippen molar-refractivity contribution in [3.8, 4) is 0 Å². The molecule has 0 saturated carbocycles. The number of hydrogen-bond donors (Lipinski definition) is 1. The number of rotatable bonds is 3. The van der Waals surface area contributed by atoms with Crippen molar-refractivity contribution in [2.45, 2.75) is 25.4 Å². The molecule has 0 unspecified atom stereocenters. The summed E-state index contributed by atoms with van der Waals surface area (Å²) in [4.78, 5) is 4.56. The van der Waals surface area contributed by atoms with Gasteiger partial charge in [0.2, 0.25) is 0 Å². The van der Waals surface area contributed by atoms with Gasteiger partial charge >= 0.3 is 0 Å². The zero-order chi connectivity index (χ0) is 13.1. The van der Waals surface area contributed by atoms with Crippen LogP contribution in [0.2, 0.25) is 0 Å². The molecule has 0 radical (unpaired) electrons. The van der Waals surface area contributed by atoms with Gasteiger partial charge in [0.05, 0.1) is 0 Å².